The van der Waals surface area contributed by atoms with Gasteiger partial charge in [0.15, 0.2) is 0 Å². The van der Waals surface area contributed by atoms with Crippen LogP contribution in [-0.2, 0) is 0 Å². The van der Waals surface area contributed by atoms with Crippen molar-refractivity contribution in [2.24, 2.45) is 11.8 Å². The third-order valence-corrected chi connectivity index (χ3v) is 4.22. The van der Waals surface area contributed by atoms with Gasteiger partial charge in [-0.1, -0.05) is 13.8 Å². The minimum atomic E-state index is 0.547. The van der Waals surface area contributed by atoms with Crippen molar-refractivity contribution in [1.82, 2.24) is 15.3 Å². The zero-order chi connectivity index (χ0) is 12.5. The standard InChI is InChI=1S/C14H22N4/c1-10(2)14-7-17-13(11-3-4-11)8-18(14)12-5-15-9-16-6-12/h5-6,9-11,13-14,17H,3-4,7-8H2,1-2H3. The molecule has 2 aliphatic rings. The van der Waals surface area contributed by atoms with Crippen LogP contribution in [0, 0.1) is 11.8 Å². The normalized spacial score (nSPS) is 28.7. The maximum atomic E-state index is 4.17. The molecule has 1 N–H and O–H groups in total. The van der Waals surface area contributed by atoms with E-state index in [1.54, 1.807) is 6.33 Å². The van der Waals surface area contributed by atoms with Crippen LogP contribution < -0.4 is 10.2 Å². The van der Waals surface area contributed by atoms with Gasteiger partial charge < -0.3 is 10.2 Å². The van der Waals surface area contributed by atoms with Crippen molar-refractivity contribution in [1.29, 1.82) is 0 Å². The second-order valence-electron chi connectivity index (χ2n) is 5.91. The molecule has 1 saturated carbocycles. The van der Waals surface area contributed by atoms with E-state index in [-0.39, 0.29) is 0 Å². The third-order valence-electron chi connectivity index (χ3n) is 4.22. The fraction of sp³-hybridized carbons (Fsp3) is 0.714. The molecular weight excluding hydrogens is 224 g/mol. The van der Waals surface area contributed by atoms with Crippen LogP contribution in [-0.4, -0.2) is 35.1 Å². The first-order valence-electron chi connectivity index (χ1n) is 7.00. The van der Waals surface area contributed by atoms with Gasteiger partial charge >= 0.3 is 0 Å². The summed E-state index contributed by atoms with van der Waals surface area (Å²) in [6, 6.07) is 1.20. The Balaban J connectivity index is 1.80. The van der Waals surface area contributed by atoms with Gasteiger partial charge in [-0.3, -0.25) is 0 Å². The summed E-state index contributed by atoms with van der Waals surface area (Å²) in [6.45, 7) is 6.76. The fourth-order valence-electron chi connectivity index (χ4n) is 2.94. The average Bonchev–Trinajstić information content (AvgIpc) is 3.23. The molecule has 4 nitrogen and oxygen atoms in total. The molecule has 2 heterocycles. The number of hydrogen-bond donors (Lipinski definition) is 1. The molecule has 3 rings (SSSR count). The number of piperazine rings is 1. The molecule has 0 bridgehead atoms. The van der Waals surface area contributed by atoms with Gasteiger partial charge in [0.05, 0.1) is 18.1 Å². The van der Waals surface area contributed by atoms with Crippen LogP contribution >= 0.6 is 0 Å². The van der Waals surface area contributed by atoms with Crippen LogP contribution in [0.2, 0.25) is 0 Å². The maximum absolute atomic E-state index is 4.17. The molecule has 1 aromatic rings. The molecule has 98 valence electrons. The van der Waals surface area contributed by atoms with E-state index in [0.717, 1.165) is 19.0 Å². The van der Waals surface area contributed by atoms with Gasteiger partial charge in [0.25, 0.3) is 0 Å². The zero-order valence-corrected chi connectivity index (χ0v) is 11.2. The SMILES string of the molecule is CC(C)C1CNC(C2CC2)CN1c1cncnc1. The van der Waals surface area contributed by atoms with Crippen molar-refractivity contribution >= 4 is 5.69 Å². The number of hydrogen-bond acceptors (Lipinski definition) is 4. The van der Waals surface area contributed by atoms with E-state index < -0.39 is 0 Å². The molecule has 0 radical (unpaired) electrons. The van der Waals surface area contributed by atoms with Gasteiger partial charge in [-0.25, -0.2) is 9.97 Å². The lowest BCUT2D eigenvalue weighted by Crippen LogP contribution is -2.59. The molecule has 4 heteroatoms. The molecule has 2 unspecified atom stereocenters. The highest BCUT2D eigenvalue weighted by atomic mass is 15.3. The molecule has 1 saturated heterocycles. The highest BCUT2D eigenvalue weighted by molar-refractivity contribution is 5.44. The number of anilines is 1. The summed E-state index contributed by atoms with van der Waals surface area (Å²) in [5, 5.41) is 3.73. The fourth-order valence-corrected chi connectivity index (χ4v) is 2.94. The van der Waals surface area contributed by atoms with Crippen LogP contribution in [0.4, 0.5) is 5.69 Å². The minimum absolute atomic E-state index is 0.547. The molecule has 2 fully saturated rings. The number of aromatic nitrogens is 2. The highest BCUT2D eigenvalue weighted by Crippen LogP contribution is 2.35. The van der Waals surface area contributed by atoms with E-state index >= 15 is 0 Å². The smallest absolute Gasteiger partial charge is 0.115 e. The Bertz CT molecular complexity index is 388. The number of nitrogens with one attached hydrogen (secondary N) is 1. The lowest BCUT2D eigenvalue weighted by molar-refractivity contribution is 0.320. The van der Waals surface area contributed by atoms with Crippen molar-refractivity contribution in [3.8, 4) is 0 Å². The van der Waals surface area contributed by atoms with E-state index in [0.29, 0.717) is 18.0 Å². The van der Waals surface area contributed by atoms with E-state index in [1.807, 2.05) is 12.4 Å². The van der Waals surface area contributed by atoms with Gasteiger partial charge in [0.1, 0.15) is 6.33 Å². The first-order valence-corrected chi connectivity index (χ1v) is 7.00. The Morgan fingerprint density at radius 1 is 1.28 bits per heavy atom. The van der Waals surface area contributed by atoms with Crippen LogP contribution in [0.5, 0.6) is 0 Å². The predicted molar refractivity (Wildman–Crippen MR) is 72.5 cm³/mol. The second kappa shape index (κ2) is 4.84. The van der Waals surface area contributed by atoms with Crippen molar-refractivity contribution in [3.05, 3.63) is 18.7 Å². The van der Waals surface area contributed by atoms with Crippen LogP contribution in [0.15, 0.2) is 18.7 Å². The Morgan fingerprint density at radius 2 is 2.00 bits per heavy atom. The summed E-state index contributed by atoms with van der Waals surface area (Å²) < 4.78 is 0. The molecule has 0 amide bonds. The third kappa shape index (κ3) is 2.34. The molecule has 1 aliphatic carbocycles. The molecule has 1 aliphatic heterocycles. The topological polar surface area (TPSA) is 41.0 Å². The molecule has 18 heavy (non-hydrogen) atoms. The van der Waals surface area contributed by atoms with Crippen LogP contribution in [0.1, 0.15) is 26.7 Å². The number of nitrogens with zero attached hydrogens (tertiary/aromatic N) is 3. The number of rotatable bonds is 3. The van der Waals surface area contributed by atoms with Crippen molar-refractivity contribution < 1.29 is 0 Å². The van der Waals surface area contributed by atoms with Crippen molar-refractivity contribution in [2.75, 3.05) is 18.0 Å². The van der Waals surface area contributed by atoms with E-state index in [4.69, 9.17) is 0 Å². The highest BCUT2D eigenvalue weighted by Gasteiger charge is 2.38. The summed E-state index contributed by atoms with van der Waals surface area (Å²) in [7, 11) is 0. The van der Waals surface area contributed by atoms with Gasteiger partial charge in [-0.15, -0.1) is 0 Å². The lowest BCUT2D eigenvalue weighted by atomic mass is 9.96. The Morgan fingerprint density at radius 3 is 2.61 bits per heavy atom. The van der Waals surface area contributed by atoms with Crippen LogP contribution in [0.25, 0.3) is 0 Å². The molecule has 0 spiro atoms. The predicted octanol–water partition coefficient (Wildman–Crippen LogP) is 1.69. The summed E-state index contributed by atoms with van der Waals surface area (Å²) in [5.74, 6) is 1.53. The molecule has 2 atom stereocenters. The summed E-state index contributed by atoms with van der Waals surface area (Å²) in [5.41, 5.74) is 1.17. The minimum Gasteiger partial charge on any atom is -0.363 e. The summed E-state index contributed by atoms with van der Waals surface area (Å²) in [4.78, 5) is 10.8. The first kappa shape index (κ1) is 11.9. The van der Waals surface area contributed by atoms with E-state index in [9.17, 15) is 0 Å². The average molecular weight is 246 g/mol. The Kier molecular flexibility index (Phi) is 3.20. The quantitative estimate of drug-likeness (QED) is 0.881. The zero-order valence-electron chi connectivity index (χ0n) is 11.2. The maximum Gasteiger partial charge on any atom is 0.115 e. The molecular formula is C14H22N4. The van der Waals surface area contributed by atoms with E-state index in [1.165, 1.54) is 18.5 Å². The van der Waals surface area contributed by atoms with E-state index in [2.05, 4.69) is 34.0 Å². The Hall–Kier alpha value is -1.16. The largest absolute Gasteiger partial charge is 0.363 e. The summed E-state index contributed by atoms with van der Waals surface area (Å²) in [6.07, 6.45) is 8.27. The van der Waals surface area contributed by atoms with Gasteiger partial charge in [0, 0.05) is 25.2 Å². The first-order chi connectivity index (χ1) is 8.75. The van der Waals surface area contributed by atoms with Gasteiger partial charge in [-0.05, 0) is 24.7 Å². The van der Waals surface area contributed by atoms with Gasteiger partial charge in [-0.2, -0.15) is 0 Å². The van der Waals surface area contributed by atoms with Crippen molar-refractivity contribution in [2.45, 2.75) is 38.8 Å². The van der Waals surface area contributed by atoms with Gasteiger partial charge in [0.2, 0.25) is 0 Å². The lowest BCUT2D eigenvalue weighted by Gasteiger charge is -2.43. The van der Waals surface area contributed by atoms with Crippen molar-refractivity contribution in [3.63, 3.8) is 0 Å². The molecule has 1 aromatic heterocycles. The second-order valence-corrected chi connectivity index (χ2v) is 5.91. The monoisotopic (exact) mass is 246 g/mol. The Labute approximate surface area is 109 Å². The molecule has 0 aromatic carbocycles. The van der Waals surface area contributed by atoms with Crippen LogP contribution in [0.3, 0.4) is 0 Å². The summed E-state index contributed by atoms with van der Waals surface area (Å²) >= 11 is 0.